The maximum Gasteiger partial charge on any atom is 0.371 e. The van der Waals surface area contributed by atoms with Crippen LogP contribution in [0.15, 0.2) is 34.7 Å². The number of nitrogens with two attached hydrogens (primary N) is 1. The number of fused-ring (bicyclic) bond motifs is 1. The number of hydrogen-bond acceptors (Lipinski definition) is 5. The predicted molar refractivity (Wildman–Crippen MR) is 70.7 cm³/mol. The first-order chi connectivity index (χ1) is 9.99. The molecule has 3 N–H and O–H groups in total. The summed E-state index contributed by atoms with van der Waals surface area (Å²) in [6.07, 6.45) is 0. The van der Waals surface area contributed by atoms with Gasteiger partial charge in [0.1, 0.15) is 5.76 Å². The molecule has 7 nitrogen and oxygen atoms in total. The fraction of sp³-hybridized carbons (Fsp3) is 0.0714. The average Bonchev–Trinajstić information content (AvgIpc) is 3.00. The Morgan fingerprint density at radius 1 is 1.19 bits per heavy atom. The Kier molecular flexibility index (Phi) is 2.76. The largest absolute Gasteiger partial charge is 0.475 e. The number of carbonyl (C=O) groups is 3. The van der Waals surface area contributed by atoms with Crippen LogP contribution in [0.4, 0.5) is 5.69 Å². The van der Waals surface area contributed by atoms with E-state index in [-0.39, 0.29) is 34.9 Å². The highest BCUT2D eigenvalue weighted by atomic mass is 16.4. The van der Waals surface area contributed by atoms with Crippen LogP contribution in [0.25, 0.3) is 0 Å². The van der Waals surface area contributed by atoms with Crippen LogP contribution < -0.4 is 5.73 Å². The third kappa shape index (κ3) is 1.95. The number of carboxylic acid groups (broad SMARTS) is 1. The van der Waals surface area contributed by atoms with E-state index in [0.717, 1.165) is 4.90 Å². The summed E-state index contributed by atoms with van der Waals surface area (Å²) >= 11 is 0. The second-order valence-electron chi connectivity index (χ2n) is 4.54. The summed E-state index contributed by atoms with van der Waals surface area (Å²) in [5.74, 6) is -2.24. The maximum absolute atomic E-state index is 12.2. The molecule has 1 aliphatic rings. The van der Waals surface area contributed by atoms with Crippen LogP contribution in [-0.4, -0.2) is 27.8 Å². The van der Waals surface area contributed by atoms with Gasteiger partial charge in [-0.25, -0.2) is 4.79 Å². The first kappa shape index (κ1) is 12.9. The lowest BCUT2D eigenvalue weighted by atomic mass is 10.1. The molecule has 0 spiro atoms. The molecule has 3 rings (SSSR count). The molecule has 0 unspecified atom stereocenters. The van der Waals surface area contributed by atoms with Gasteiger partial charge < -0.3 is 15.3 Å². The van der Waals surface area contributed by atoms with Crippen molar-refractivity contribution in [3.63, 3.8) is 0 Å². The molecule has 2 heterocycles. The highest BCUT2D eigenvalue weighted by molar-refractivity contribution is 6.23. The van der Waals surface area contributed by atoms with Gasteiger partial charge in [-0.15, -0.1) is 0 Å². The Morgan fingerprint density at radius 3 is 2.57 bits per heavy atom. The van der Waals surface area contributed by atoms with Gasteiger partial charge in [-0.3, -0.25) is 14.5 Å². The molecule has 2 aromatic rings. The molecule has 1 aromatic heterocycles. The highest BCUT2D eigenvalue weighted by Gasteiger charge is 2.37. The topological polar surface area (TPSA) is 114 Å². The van der Waals surface area contributed by atoms with Gasteiger partial charge in [0.05, 0.1) is 17.7 Å². The summed E-state index contributed by atoms with van der Waals surface area (Å²) in [5.41, 5.74) is 6.37. The zero-order valence-corrected chi connectivity index (χ0v) is 10.7. The van der Waals surface area contributed by atoms with Gasteiger partial charge in [0.25, 0.3) is 11.8 Å². The van der Waals surface area contributed by atoms with Gasteiger partial charge in [0.15, 0.2) is 0 Å². The molecule has 106 valence electrons. The van der Waals surface area contributed by atoms with Crippen molar-refractivity contribution >= 4 is 23.5 Å². The molecule has 2 amide bonds. The van der Waals surface area contributed by atoms with E-state index in [1.54, 1.807) is 12.1 Å². The third-order valence-corrected chi connectivity index (χ3v) is 3.22. The van der Waals surface area contributed by atoms with Crippen LogP contribution in [0, 0.1) is 0 Å². The molecule has 0 saturated heterocycles. The Bertz CT molecular complexity index is 777. The number of anilines is 1. The zero-order chi connectivity index (χ0) is 15.1. The molecule has 1 aromatic carbocycles. The number of carboxylic acids is 1. The first-order valence-electron chi connectivity index (χ1n) is 6.05. The summed E-state index contributed by atoms with van der Waals surface area (Å²) in [7, 11) is 0. The normalized spacial score (nSPS) is 13.6. The van der Waals surface area contributed by atoms with Crippen molar-refractivity contribution in [2.45, 2.75) is 6.54 Å². The second-order valence-corrected chi connectivity index (χ2v) is 4.54. The van der Waals surface area contributed by atoms with Crippen molar-refractivity contribution < 1.29 is 23.9 Å². The van der Waals surface area contributed by atoms with Gasteiger partial charge in [0.2, 0.25) is 5.76 Å². The van der Waals surface area contributed by atoms with Crippen molar-refractivity contribution in [1.82, 2.24) is 4.90 Å². The van der Waals surface area contributed by atoms with E-state index in [0.29, 0.717) is 0 Å². The minimum Gasteiger partial charge on any atom is -0.475 e. The van der Waals surface area contributed by atoms with Crippen LogP contribution in [0.1, 0.15) is 37.0 Å². The van der Waals surface area contributed by atoms with Gasteiger partial charge >= 0.3 is 5.97 Å². The van der Waals surface area contributed by atoms with Gasteiger partial charge in [-0.1, -0.05) is 6.07 Å². The minimum atomic E-state index is -1.21. The van der Waals surface area contributed by atoms with E-state index in [1.165, 1.54) is 18.2 Å². The number of nitrogens with zero attached hydrogens (tertiary/aromatic N) is 1. The molecular weight excluding hydrogens is 276 g/mol. The standard InChI is InChI=1S/C14H10N2O5/c15-9-3-1-2-8-11(9)13(18)16(12(8)17)6-7-4-5-10(21-7)14(19)20/h1-5H,6,15H2,(H,19,20). The van der Waals surface area contributed by atoms with Crippen molar-refractivity contribution in [3.8, 4) is 0 Å². The van der Waals surface area contributed by atoms with Crippen LogP contribution >= 0.6 is 0 Å². The van der Waals surface area contributed by atoms with Crippen LogP contribution in [0.3, 0.4) is 0 Å². The Balaban J connectivity index is 1.91. The molecule has 7 heteroatoms. The smallest absolute Gasteiger partial charge is 0.371 e. The Morgan fingerprint density at radius 2 is 1.95 bits per heavy atom. The predicted octanol–water partition coefficient (Wildman–Crippen LogP) is 1.36. The number of carbonyl (C=O) groups excluding carboxylic acids is 2. The Labute approximate surface area is 118 Å². The average molecular weight is 286 g/mol. The fourth-order valence-electron chi connectivity index (χ4n) is 2.24. The van der Waals surface area contributed by atoms with Crippen LogP contribution in [-0.2, 0) is 6.54 Å². The fourth-order valence-corrected chi connectivity index (χ4v) is 2.24. The van der Waals surface area contributed by atoms with Crippen LogP contribution in [0.2, 0.25) is 0 Å². The van der Waals surface area contributed by atoms with Crippen molar-refractivity contribution in [3.05, 3.63) is 53.0 Å². The summed E-state index contributed by atoms with van der Waals surface area (Å²) in [4.78, 5) is 36.2. The van der Waals surface area contributed by atoms with Gasteiger partial charge in [-0.2, -0.15) is 0 Å². The number of hydrogen-bond donors (Lipinski definition) is 2. The molecule has 0 bridgehead atoms. The SMILES string of the molecule is Nc1cccc2c1C(=O)N(Cc1ccc(C(=O)O)o1)C2=O. The molecular formula is C14H10N2O5. The number of benzene rings is 1. The van der Waals surface area contributed by atoms with Crippen LogP contribution in [0.5, 0.6) is 0 Å². The highest BCUT2D eigenvalue weighted by Crippen LogP contribution is 2.28. The maximum atomic E-state index is 12.2. The third-order valence-electron chi connectivity index (χ3n) is 3.22. The molecule has 0 aliphatic carbocycles. The van der Waals surface area contributed by atoms with Gasteiger partial charge in [0, 0.05) is 5.69 Å². The number of imide groups is 1. The molecule has 0 saturated carbocycles. The number of nitrogen functional groups attached to an aromatic ring is 1. The summed E-state index contributed by atoms with van der Waals surface area (Å²) in [6.45, 7) is -0.140. The molecule has 21 heavy (non-hydrogen) atoms. The van der Waals surface area contributed by atoms with E-state index < -0.39 is 17.8 Å². The first-order valence-corrected chi connectivity index (χ1v) is 6.05. The number of aromatic carboxylic acids is 1. The van der Waals surface area contributed by atoms with E-state index >= 15 is 0 Å². The minimum absolute atomic E-state index is 0.140. The van der Waals surface area contributed by atoms with E-state index in [1.807, 2.05) is 0 Å². The molecule has 0 fully saturated rings. The number of furan rings is 1. The van der Waals surface area contributed by atoms with E-state index in [2.05, 4.69) is 0 Å². The molecule has 0 radical (unpaired) electrons. The lowest BCUT2D eigenvalue weighted by Crippen LogP contribution is -2.29. The van der Waals surface area contributed by atoms with Crippen molar-refractivity contribution in [2.24, 2.45) is 0 Å². The van der Waals surface area contributed by atoms with Crippen molar-refractivity contribution in [1.29, 1.82) is 0 Å². The van der Waals surface area contributed by atoms with E-state index in [4.69, 9.17) is 15.3 Å². The molecule has 0 atom stereocenters. The summed E-state index contributed by atoms with van der Waals surface area (Å²) in [6, 6.07) is 7.35. The van der Waals surface area contributed by atoms with Crippen molar-refractivity contribution in [2.75, 3.05) is 5.73 Å². The lowest BCUT2D eigenvalue weighted by molar-refractivity contribution is 0.0628. The number of rotatable bonds is 3. The van der Waals surface area contributed by atoms with E-state index in [9.17, 15) is 14.4 Å². The summed E-state index contributed by atoms with van der Waals surface area (Å²) in [5, 5.41) is 8.78. The summed E-state index contributed by atoms with van der Waals surface area (Å²) < 4.78 is 5.06. The quantitative estimate of drug-likeness (QED) is 0.650. The lowest BCUT2D eigenvalue weighted by Gasteiger charge is -2.11. The second kappa shape index (κ2) is 4.48. The Hall–Kier alpha value is -3.09. The zero-order valence-electron chi connectivity index (χ0n) is 10.7. The monoisotopic (exact) mass is 286 g/mol. The molecule has 1 aliphatic heterocycles. The number of amides is 2. The van der Waals surface area contributed by atoms with Gasteiger partial charge in [-0.05, 0) is 24.3 Å².